The summed E-state index contributed by atoms with van der Waals surface area (Å²) in [6.07, 6.45) is 1.39. The van der Waals surface area contributed by atoms with Gasteiger partial charge in [0.25, 0.3) is 0 Å². The quantitative estimate of drug-likeness (QED) is 0.923. The molecule has 0 saturated carbocycles. The molecule has 19 heavy (non-hydrogen) atoms. The first-order valence-corrected chi connectivity index (χ1v) is 5.32. The molecule has 0 aliphatic heterocycles. The van der Waals surface area contributed by atoms with Crippen LogP contribution in [0.15, 0.2) is 42.6 Å². The molecule has 0 fully saturated rings. The fourth-order valence-corrected chi connectivity index (χ4v) is 1.65. The summed E-state index contributed by atoms with van der Waals surface area (Å²) in [6, 6.07) is 8.74. The van der Waals surface area contributed by atoms with Gasteiger partial charge in [-0.1, -0.05) is 12.1 Å². The molecule has 0 aliphatic carbocycles. The number of aromatic carboxylic acids is 1. The van der Waals surface area contributed by atoms with E-state index < -0.39 is 12.6 Å². The van der Waals surface area contributed by atoms with Crippen LogP contribution in [0.5, 0.6) is 5.75 Å². The molecule has 1 heterocycles. The summed E-state index contributed by atoms with van der Waals surface area (Å²) < 4.78 is 29.0. The molecule has 6 heteroatoms. The van der Waals surface area contributed by atoms with Crippen molar-refractivity contribution < 1.29 is 23.4 Å². The molecule has 1 N–H and O–H groups in total. The van der Waals surface area contributed by atoms with Crippen LogP contribution in [0, 0.1) is 0 Å². The van der Waals surface area contributed by atoms with Gasteiger partial charge in [-0.05, 0) is 24.3 Å². The number of carboxylic acids is 1. The van der Waals surface area contributed by atoms with Gasteiger partial charge in [0.2, 0.25) is 0 Å². The molecule has 0 aliphatic rings. The van der Waals surface area contributed by atoms with Crippen molar-refractivity contribution in [3.05, 3.63) is 48.2 Å². The van der Waals surface area contributed by atoms with E-state index in [9.17, 15) is 13.6 Å². The van der Waals surface area contributed by atoms with Crippen LogP contribution in [0.3, 0.4) is 0 Å². The lowest BCUT2D eigenvalue weighted by molar-refractivity contribution is -0.0494. The number of hydrogen-bond donors (Lipinski definition) is 1. The third-order valence-corrected chi connectivity index (χ3v) is 2.40. The number of carbonyl (C=O) groups is 1. The van der Waals surface area contributed by atoms with Gasteiger partial charge in [-0.25, -0.2) is 4.79 Å². The highest BCUT2D eigenvalue weighted by Gasteiger charge is 2.17. The number of pyridine rings is 1. The standard InChI is InChI=1S/C13H9F2NO3/c14-13(15)19-10-6-2-1-4-8(10)11-9(12(17)18)5-3-7-16-11/h1-7,13H,(H,17,18). The van der Waals surface area contributed by atoms with Gasteiger partial charge >= 0.3 is 12.6 Å². The molecule has 0 saturated heterocycles. The number of benzene rings is 1. The maximum absolute atomic E-state index is 12.3. The first-order valence-electron chi connectivity index (χ1n) is 5.32. The number of nitrogens with zero attached hydrogens (tertiary/aromatic N) is 1. The van der Waals surface area contributed by atoms with Crippen molar-refractivity contribution in [3.63, 3.8) is 0 Å². The molecule has 0 radical (unpaired) electrons. The summed E-state index contributed by atoms with van der Waals surface area (Å²) in [5, 5.41) is 9.07. The zero-order valence-corrected chi connectivity index (χ0v) is 9.59. The van der Waals surface area contributed by atoms with E-state index in [0.717, 1.165) is 0 Å². The van der Waals surface area contributed by atoms with Crippen molar-refractivity contribution in [2.24, 2.45) is 0 Å². The van der Waals surface area contributed by atoms with Gasteiger partial charge in [0.1, 0.15) is 5.75 Å². The van der Waals surface area contributed by atoms with E-state index >= 15 is 0 Å². The Hall–Kier alpha value is -2.50. The molecule has 2 rings (SSSR count). The Bertz CT molecular complexity index is 602. The summed E-state index contributed by atoms with van der Waals surface area (Å²) in [6.45, 7) is -2.99. The van der Waals surface area contributed by atoms with E-state index in [4.69, 9.17) is 5.11 Å². The molecule has 4 nitrogen and oxygen atoms in total. The monoisotopic (exact) mass is 265 g/mol. The molecule has 1 aromatic carbocycles. The maximum atomic E-state index is 12.3. The highest BCUT2D eigenvalue weighted by atomic mass is 19.3. The highest BCUT2D eigenvalue weighted by molar-refractivity contribution is 5.95. The van der Waals surface area contributed by atoms with Crippen LogP contribution in [-0.2, 0) is 0 Å². The molecule has 0 atom stereocenters. The van der Waals surface area contributed by atoms with Crippen molar-refractivity contribution in [3.8, 4) is 17.0 Å². The number of ether oxygens (including phenoxy) is 1. The minimum absolute atomic E-state index is 0.0761. The van der Waals surface area contributed by atoms with E-state index in [0.29, 0.717) is 0 Å². The average molecular weight is 265 g/mol. The second kappa shape index (κ2) is 5.43. The minimum atomic E-state index is -2.99. The van der Waals surface area contributed by atoms with E-state index in [1.165, 1.54) is 36.5 Å². The smallest absolute Gasteiger partial charge is 0.387 e. The molecule has 0 amide bonds. The minimum Gasteiger partial charge on any atom is -0.478 e. The lowest BCUT2D eigenvalue weighted by atomic mass is 10.1. The summed E-state index contributed by atoms with van der Waals surface area (Å²) in [4.78, 5) is 15.0. The van der Waals surface area contributed by atoms with Crippen molar-refractivity contribution in [2.75, 3.05) is 0 Å². The van der Waals surface area contributed by atoms with Gasteiger partial charge < -0.3 is 9.84 Å². The maximum Gasteiger partial charge on any atom is 0.387 e. The molecule has 98 valence electrons. The largest absolute Gasteiger partial charge is 0.478 e. The first kappa shape index (κ1) is 12.9. The molecule has 2 aromatic rings. The lowest BCUT2D eigenvalue weighted by Crippen LogP contribution is -2.05. The molecular formula is C13H9F2NO3. The Morgan fingerprint density at radius 1 is 1.21 bits per heavy atom. The molecular weight excluding hydrogens is 256 g/mol. The number of hydrogen-bond acceptors (Lipinski definition) is 3. The van der Waals surface area contributed by atoms with Gasteiger partial charge in [0.15, 0.2) is 0 Å². The van der Waals surface area contributed by atoms with E-state index in [-0.39, 0.29) is 22.6 Å². The van der Waals surface area contributed by atoms with E-state index in [1.807, 2.05) is 0 Å². The number of para-hydroxylation sites is 1. The van der Waals surface area contributed by atoms with Crippen LogP contribution >= 0.6 is 0 Å². The average Bonchev–Trinajstić information content (AvgIpc) is 2.38. The summed E-state index contributed by atoms with van der Waals surface area (Å²) in [5.41, 5.74) is 0.222. The van der Waals surface area contributed by atoms with Gasteiger partial charge in [-0.2, -0.15) is 8.78 Å². The van der Waals surface area contributed by atoms with Crippen molar-refractivity contribution in [1.29, 1.82) is 0 Å². The number of halogens is 2. The van der Waals surface area contributed by atoms with Crippen LogP contribution in [0.2, 0.25) is 0 Å². The van der Waals surface area contributed by atoms with Crippen LogP contribution in [0.25, 0.3) is 11.3 Å². The Labute approximate surface area is 107 Å². The molecule has 0 bridgehead atoms. The van der Waals surface area contributed by atoms with Crippen LogP contribution in [0.1, 0.15) is 10.4 Å². The van der Waals surface area contributed by atoms with Gasteiger partial charge in [0, 0.05) is 11.8 Å². The fraction of sp³-hybridized carbons (Fsp3) is 0.0769. The van der Waals surface area contributed by atoms with Gasteiger partial charge in [0.05, 0.1) is 11.3 Å². The van der Waals surface area contributed by atoms with Gasteiger partial charge in [-0.15, -0.1) is 0 Å². The Balaban J connectivity index is 2.56. The normalized spacial score (nSPS) is 10.5. The summed E-state index contributed by atoms with van der Waals surface area (Å²) >= 11 is 0. The first-order chi connectivity index (χ1) is 9.09. The number of aromatic nitrogens is 1. The molecule has 1 aromatic heterocycles. The number of alkyl halides is 2. The third-order valence-electron chi connectivity index (χ3n) is 2.40. The van der Waals surface area contributed by atoms with Crippen LogP contribution in [-0.4, -0.2) is 22.7 Å². The van der Waals surface area contributed by atoms with Gasteiger partial charge in [-0.3, -0.25) is 4.98 Å². The van der Waals surface area contributed by atoms with Crippen molar-refractivity contribution >= 4 is 5.97 Å². The topological polar surface area (TPSA) is 59.4 Å². The zero-order valence-electron chi connectivity index (χ0n) is 9.59. The second-order valence-corrected chi connectivity index (χ2v) is 3.58. The Morgan fingerprint density at radius 3 is 2.63 bits per heavy atom. The summed E-state index contributed by atoms with van der Waals surface area (Å²) in [5.74, 6) is -1.30. The summed E-state index contributed by atoms with van der Waals surface area (Å²) in [7, 11) is 0. The van der Waals surface area contributed by atoms with Crippen molar-refractivity contribution in [2.45, 2.75) is 6.61 Å². The SMILES string of the molecule is O=C(O)c1cccnc1-c1ccccc1OC(F)F. The third kappa shape index (κ3) is 2.85. The van der Waals surface area contributed by atoms with Crippen LogP contribution in [0.4, 0.5) is 8.78 Å². The number of rotatable bonds is 4. The van der Waals surface area contributed by atoms with E-state index in [2.05, 4.69) is 9.72 Å². The second-order valence-electron chi connectivity index (χ2n) is 3.58. The Morgan fingerprint density at radius 2 is 1.95 bits per heavy atom. The molecule has 0 spiro atoms. The number of carboxylic acid groups (broad SMARTS) is 1. The fourth-order valence-electron chi connectivity index (χ4n) is 1.65. The lowest BCUT2D eigenvalue weighted by Gasteiger charge is -2.11. The molecule has 0 unspecified atom stereocenters. The highest BCUT2D eigenvalue weighted by Crippen LogP contribution is 2.31. The van der Waals surface area contributed by atoms with E-state index in [1.54, 1.807) is 6.07 Å². The van der Waals surface area contributed by atoms with Crippen molar-refractivity contribution in [1.82, 2.24) is 4.98 Å². The zero-order chi connectivity index (χ0) is 13.8. The van der Waals surface area contributed by atoms with Crippen LogP contribution < -0.4 is 4.74 Å². The predicted octanol–water partition coefficient (Wildman–Crippen LogP) is 3.05. The predicted molar refractivity (Wildman–Crippen MR) is 63.3 cm³/mol. The Kier molecular flexibility index (Phi) is 3.70.